The zero-order valence-electron chi connectivity index (χ0n) is 11.8. The normalized spacial score (nSPS) is 28.5. The van der Waals surface area contributed by atoms with Gasteiger partial charge in [-0.05, 0) is 31.7 Å². The first-order chi connectivity index (χ1) is 8.72. The molecule has 0 bridgehead atoms. The summed E-state index contributed by atoms with van der Waals surface area (Å²) < 4.78 is 10.4. The molecule has 0 spiro atoms. The average Bonchev–Trinajstić information content (AvgIpc) is 2.38. The highest BCUT2D eigenvalue weighted by Gasteiger charge is 2.33. The van der Waals surface area contributed by atoms with Gasteiger partial charge in [0.1, 0.15) is 0 Å². The maximum absolute atomic E-state index is 6.17. The number of hydrogen-bond acceptors (Lipinski definition) is 3. The van der Waals surface area contributed by atoms with E-state index in [9.17, 15) is 0 Å². The summed E-state index contributed by atoms with van der Waals surface area (Å²) in [5.74, 6) is 1.52. The third kappa shape index (κ3) is 5.87. The number of hydrogen-bond donors (Lipinski definition) is 1. The molecule has 1 N–H and O–H groups in total. The van der Waals surface area contributed by atoms with Crippen molar-refractivity contribution in [2.24, 2.45) is 5.92 Å². The number of methoxy groups -OCH3 is 1. The van der Waals surface area contributed by atoms with Crippen LogP contribution in [0.25, 0.3) is 0 Å². The average molecular weight is 278 g/mol. The molecule has 1 aliphatic rings. The highest BCUT2D eigenvalue weighted by molar-refractivity contribution is 6.18. The Morgan fingerprint density at radius 2 is 2.17 bits per heavy atom. The van der Waals surface area contributed by atoms with E-state index in [1.165, 1.54) is 25.7 Å². The predicted molar refractivity (Wildman–Crippen MR) is 76.4 cm³/mol. The van der Waals surface area contributed by atoms with Crippen molar-refractivity contribution in [1.82, 2.24) is 5.32 Å². The van der Waals surface area contributed by atoms with Gasteiger partial charge in [0.15, 0.2) is 0 Å². The fourth-order valence-electron chi connectivity index (χ4n) is 2.76. The van der Waals surface area contributed by atoms with Crippen LogP contribution in [0.1, 0.15) is 39.0 Å². The van der Waals surface area contributed by atoms with E-state index in [4.69, 9.17) is 21.1 Å². The second-order valence-corrected chi connectivity index (χ2v) is 5.77. The Hall–Kier alpha value is 0.170. The Labute approximate surface area is 117 Å². The lowest BCUT2D eigenvalue weighted by Gasteiger charge is -2.39. The number of nitrogens with one attached hydrogen (secondary N) is 1. The first kappa shape index (κ1) is 16.2. The summed E-state index contributed by atoms with van der Waals surface area (Å²) in [6, 6.07) is 0. The summed E-state index contributed by atoms with van der Waals surface area (Å²) >= 11 is 6.17. The van der Waals surface area contributed by atoms with Crippen molar-refractivity contribution in [2.45, 2.75) is 44.6 Å². The molecule has 18 heavy (non-hydrogen) atoms. The molecule has 3 nitrogen and oxygen atoms in total. The Balaban J connectivity index is 2.11. The molecule has 1 aliphatic carbocycles. The highest BCUT2D eigenvalue weighted by Crippen LogP contribution is 2.33. The van der Waals surface area contributed by atoms with Gasteiger partial charge >= 0.3 is 0 Å². The third-order valence-corrected chi connectivity index (χ3v) is 4.26. The van der Waals surface area contributed by atoms with E-state index in [2.05, 4.69) is 12.2 Å². The molecule has 4 heteroatoms. The van der Waals surface area contributed by atoms with Gasteiger partial charge in [-0.3, -0.25) is 0 Å². The maximum atomic E-state index is 6.17. The van der Waals surface area contributed by atoms with E-state index < -0.39 is 0 Å². The molecule has 0 radical (unpaired) electrons. The number of rotatable bonds is 9. The molecule has 2 atom stereocenters. The Morgan fingerprint density at radius 1 is 1.33 bits per heavy atom. The van der Waals surface area contributed by atoms with Crippen LogP contribution < -0.4 is 5.32 Å². The van der Waals surface area contributed by atoms with Gasteiger partial charge in [0, 0.05) is 25.1 Å². The lowest BCUT2D eigenvalue weighted by molar-refractivity contribution is 0.0681. The Bertz CT molecular complexity index is 216. The maximum Gasteiger partial charge on any atom is 0.0700 e. The van der Waals surface area contributed by atoms with E-state index in [-0.39, 0.29) is 5.54 Å². The molecule has 0 amide bonds. The fraction of sp³-hybridized carbons (Fsp3) is 1.00. The standard InChI is InChI=1S/C14H28ClNO2/c1-13-5-3-6-14(11-13,12-15)16-7-4-8-18-10-9-17-2/h13,16H,3-12H2,1-2H3. The first-order valence-corrected chi connectivity index (χ1v) is 7.63. The topological polar surface area (TPSA) is 30.5 Å². The van der Waals surface area contributed by atoms with Crippen molar-refractivity contribution in [3.63, 3.8) is 0 Å². The molecule has 108 valence electrons. The molecular weight excluding hydrogens is 250 g/mol. The van der Waals surface area contributed by atoms with Crippen LogP contribution in [0.5, 0.6) is 0 Å². The van der Waals surface area contributed by atoms with Crippen LogP contribution in [0.4, 0.5) is 0 Å². The molecule has 0 aromatic rings. The first-order valence-electron chi connectivity index (χ1n) is 7.10. The van der Waals surface area contributed by atoms with E-state index >= 15 is 0 Å². The van der Waals surface area contributed by atoms with Crippen LogP contribution in [0.15, 0.2) is 0 Å². The third-order valence-electron chi connectivity index (χ3n) is 3.74. The van der Waals surface area contributed by atoms with Gasteiger partial charge in [-0.25, -0.2) is 0 Å². The van der Waals surface area contributed by atoms with Gasteiger partial charge in [-0.1, -0.05) is 19.8 Å². The largest absolute Gasteiger partial charge is 0.382 e. The smallest absolute Gasteiger partial charge is 0.0700 e. The molecule has 0 aliphatic heterocycles. The quantitative estimate of drug-likeness (QED) is 0.519. The fourth-order valence-corrected chi connectivity index (χ4v) is 3.10. The molecule has 1 rings (SSSR count). The van der Waals surface area contributed by atoms with Crippen molar-refractivity contribution in [2.75, 3.05) is 39.4 Å². The zero-order chi connectivity index (χ0) is 13.3. The predicted octanol–water partition coefficient (Wildman–Crippen LogP) is 2.82. The second-order valence-electron chi connectivity index (χ2n) is 5.50. The van der Waals surface area contributed by atoms with E-state index in [0.717, 1.165) is 31.4 Å². The molecular formula is C14H28ClNO2. The van der Waals surface area contributed by atoms with Gasteiger partial charge in [-0.15, -0.1) is 11.6 Å². The molecule has 0 aromatic carbocycles. The van der Waals surface area contributed by atoms with Crippen LogP contribution >= 0.6 is 11.6 Å². The molecule has 0 saturated heterocycles. The van der Waals surface area contributed by atoms with Gasteiger partial charge in [0.2, 0.25) is 0 Å². The van der Waals surface area contributed by atoms with Crippen molar-refractivity contribution < 1.29 is 9.47 Å². The van der Waals surface area contributed by atoms with Gasteiger partial charge in [-0.2, -0.15) is 0 Å². The highest BCUT2D eigenvalue weighted by atomic mass is 35.5. The van der Waals surface area contributed by atoms with Crippen molar-refractivity contribution >= 4 is 11.6 Å². The van der Waals surface area contributed by atoms with E-state index in [1.54, 1.807) is 7.11 Å². The summed E-state index contributed by atoms with van der Waals surface area (Å²) in [6.07, 6.45) is 6.11. The molecule has 1 saturated carbocycles. The Morgan fingerprint density at radius 3 is 2.83 bits per heavy atom. The lowest BCUT2D eigenvalue weighted by Crippen LogP contribution is -2.50. The van der Waals surface area contributed by atoms with Crippen LogP contribution in [0, 0.1) is 5.92 Å². The summed E-state index contributed by atoms with van der Waals surface area (Å²) in [4.78, 5) is 0. The van der Waals surface area contributed by atoms with Crippen LogP contribution in [0.2, 0.25) is 0 Å². The van der Waals surface area contributed by atoms with E-state index in [0.29, 0.717) is 13.2 Å². The number of halogens is 1. The van der Waals surface area contributed by atoms with Crippen LogP contribution in [0.3, 0.4) is 0 Å². The second kappa shape index (κ2) is 9.13. The minimum atomic E-state index is 0.172. The zero-order valence-corrected chi connectivity index (χ0v) is 12.6. The molecule has 2 unspecified atom stereocenters. The number of alkyl halides is 1. The summed E-state index contributed by atoms with van der Waals surface area (Å²) in [7, 11) is 1.69. The van der Waals surface area contributed by atoms with Crippen molar-refractivity contribution in [3.05, 3.63) is 0 Å². The van der Waals surface area contributed by atoms with Crippen LogP contribution in [-0.2, 0) is 9.47 Å². The summed E-state index contributed by atoms with van der Waals surface area (Å²) in [5.41, 5.74) is 0.172. The van der Waals surface area contributed by atoms with Gasteiger partial charge in [0.25, 0.3) is 0 Å². The van der Waals surface area contributed by atoms with Crippen LogP contribution in [-0.4, -0.2) is 44.9 Å². The minimum Gasteiger partial charge on any atom is -0.382 e. The van der Waals surface area contributed by atoms with Crippen molar-refractivity contribution in [1.29, 1.82) is 0 Å². The summed E-state index contributed by atoms with van der Waals surface area (Å²) in [6.45, 7) is 5.48. The SMILES string of the molecule is COCCOCCCNC1(CCl)CCCC(C)C1. The number of ether oxygens (including phenoxy) is 2. The monoisotopic (exact) mass is 277 g/mol. The lowest BCUT2D eigenvalue weighted by atomic mass is 9.77. The summed E-state index contributed by atoms with van der Waals surface area (Å²) in [5, 5.41) is 3.66. The van der Waals surface area contributed by atoms with Crippen molar-refractivity contribution in [3.8, 4) is 0 Å². The van der Waals surface area contributed by atoms with E-state index in [1.807, 2.05) is 0 Å². The van der Waals surface area contributed by atoms with Gasteiger partial charge in [0.05, 0.1) is 13.2 Å². The Kier molecular flexibility index (Phi) is 8.23. The molecule has 0 aromatic heterocycles. The van der Waals surface area contributed by atoms with Gasteiger partial charge < -0.3 is 14.8 Å². The minimum absolute atomic E-state index is 0.172. The molecule has 1 fully saturated rings. The molecule has 0 heterocycles.